The van der Waals surface area contributed by atoms with Gasteiger partial charge in [0.25, 0.3) is 11.8 Å². The first-order valence-electron chi connectivity index (χ1n) is 9.48. The summed E-state index contributed by atoms with van der Waals surface area (Å²) in [4.78, 5) is 40.2. The van der Waals surface area contributed by atoms with E-state index in [4.69, 9.17) is 0 Å². The Morgan fingerprint density at radius 1 is 1.26 bits per heavy atom. The lowest BCUT2D eigenvalue weighted by molar-refractivity contribution is -0.134. The molecule has 1 aromatic rings. The van der Waals surface area contributed by atoms with Crippen molar-refractivity contribution in [1.82, 2.24) is 20.4 Å². The Morgan fingerprint density at radius 3 is 2.48 bits per heavy atom. The Balaban J connectivity index is 1.60. The fourth-order valence-electron chi connectivity index (χ4n) is 3.91. The van der Waals surface area contributed by atoms with E-state index in [1.54, 1.807) is 19.2 Å². The fraction of sp³-hybridized carbons (Fsp3) is 0.550. The van der Waals surface area contributed by atoms with E-state index in [-0.39, 0.29) is 24.5 Å². The molecule has 1 saturated heterocycles. The van der Waals surface area contributed by atoms with Gasteiger partial charge in [-0.3, -0.25) is 14.5 Å². The van der Waals surface area contributed by atoms with Gasteiger partial charge in [0.1, 0.15) is 5.54 Å². The highest BCUT2D eigenvalue weighted by Gasteiger charge is 2.52. The molecule has 1 heterocycles. The molecule has 0 unspecified atom stereocenters. The molecule has 1 aliphatic carbocycles. The number of imide groups is 1. The molecule has 7 nitrogen and oxygen atoms in total. The first kappa shape index (κ1) is 19.4. The largest absolute Gasteiger partial charge is 0.355 e. The number of benzene rings is 1. The molecule has 0 bridgehead atoms. The standard InChI is InChI=1S/C20H28N4O3/c1-14-8-10-20(11-9-14)18(26)24(19(27)22-20)13-23(3)12-15-4-6-16(7-5-15)17(25)21-2/h4-7,14H,8-13H2,1-3H3,(H,21,25)(H,22,27). The maximum absolute atomic E-state index is 12.9. The van der Waals surface area contributed by atoms with Gasteiger partial charge in [0.2, 0.25) is 0 Å². The van der Waals surface area contributed by atoms with Crippen LogP contribution in [0.15, 0.2) is 24.3 Å². The monoisotopic (exact) mass is 372 g/mol. The summed E-state index contributed by atoms with van der Waals surface area (Å²) in [6.45, 7) is 3.02. The number of hydrogen-bond donors (Lipinski definition) is 2. The van der Waals surface area contributed by atoms with Crippen LogP contribution in [0.1, 0.15) is 48.5 Å². The first-order valence-corrected chi connectivity index (χ1v) is 9.48. The Hall–Kier alpha value is -2.41. The molecule has 3 rings (SSSR count). The van der Waals surface area contributed by atoms with Crippen LogP contribution < -0.4 is 10.6 Å². The van der Waals surface area contributed by atoms with Gasteiger partial charge < -0.3 is 10.6 Å². The van der Waals surface area contributed by atoms with E-state index in [0.29, 0.717) is 18.0 Å². The molecule has 7 heteroatoms. The Morgan fingerprint density at radius 2 is 1.89 bits per heavy atom. The van der Waals surface area contributed by atoms with E-state index in [9.17, 15) is 14.4 Å². The summed E-state index contributed by atoms with van der Waals surface area (Å²) >= 11 is 0. The van der Waals surface area contributed by atoms with Crippen molar-refractivity contribution in [3.8, 4) is 0 Å². The Bertz CT molecular complexity index is 723. The van der Waals surface area contributed by atoms with Gasteiger partial charge in [0.05, 0.1) is 6.67 Å². The molecule has 1 saturated carbocycles. The van der Waals surface area contributed by atoms with Crippen LogP contribution >= 0.6 is 0 Å². The lowest BCUT2D eigenvalue weighted by Crippen LogP contribution is -2.49. The summed E-state index contributed by atoms with van der Waals surface area (Å²) in [5, 5.41) is 5.54. The third-order valence-electron chi connectivity index (χ3n) is 5.65. The van der Waals surface area contributed by atoms with Gasteiger partial charge in [0, 0.05) is 19.2 Å². The van der Waals surface area contributed by atoms with Gasteiger partial charge in [-0.25, -0.2) is 9.69 Å². The summed E-state index contributed by atoms with van der Waals surface area (Å²) in [7, 11) is 3.48. The van der Waals surface area contributed by atoms with Gasteiger partial charge in [-0.05, 0) is 56.3 Å². The number of carbonyl (C=O) groups is 3. The van der Waals surface area contributed by atoms with E-state index in [0.717, 1.165) is 31.2 Å². The molecule has 1 aromatic carbocycles. The van der Waals surface area contributed by atoms with Crippen molar-refractivity contribution >= 4 is 17.8 Å². The van der Waals surface area contributed by atoms with Gasteiger partial charge in [0.15, 0.2) is 0 Å². The van der Waals surface area contributed by atoms with Crippen LogP contribution in [0.5, 0.6) is 0 Å². The maximum atomic E-state index is 12.9. The number of nitrogens with zero attached hydrogens (tertiary/aromatic N) is 2. The van der Waals surface area contributed by atoms with Crippen molar-refractivity contribution in [3.63, 3.8) is 0 Å². The minimum Gasteiger partial charge on any atom is -0.355 e. The summed E-state index contributed by atoms with van der Waals surface area (Å²) in [5.74, 6) is 0.386. The van der Waals surface area contributed by atoms with Crippen molar-refractivity contribution in [2.45, 2.75) is 44.7 Å². The zero-order valence-electron chi connectivity index (χ0n) is 16.2. The van der Waals surface area contributed by atoms with E-state index in [2.05, 4.69) is 17.6 Å². The molecular weight excluding hydrogens is 344 g/mol. The molecular formula is C20H28N4O3. The fourth-order valence-corrected chi connectivity index (χ4v) is 3.91. The summed E-state index contributed by atoms with van der Waals surface area (Å²) in [6.07, 6.45) is 3.38. The van der Waals surface area contributed by atoms with Gasteiger partial charge in [-0.15, -0.1) is 0 Å². The first-order chi connectivity index (χ1) is 12.8. The van der Waals surface area contributed by atoms with Crippen molar-refractivity contribution in [3.05, 3.63) is 35.4 Å². The van der Waals surface area contributed by atoms with Crippen LogP contribution in [-0.4, -0.2) is 53.9 Å². The average molecular weight is 372 g/mol. The van der Waals surface area contributed by atoms with Gasteiger partial charge >= 0.3 is 6.03 Å². The summed E-state index contributed by atoms with van der Waals surface area (Å²) in [5.41, 5.74) is 0.921. The average Bonchev–Trinajstić information content (AvgIpc) is 2.88. The molecule has 0 aromatic heterocycles. The Labute approximate surface area is 160 Å². The topological polar surface area (TPSA) is 81.8 Å². The SMILES string of the molecule is CNC(=O)c1ccc(CN(C)CN2C(=O)NC3(CCC(C)CC3)C2=O)cc1. The third-order valence-corrected chi connectivity index (χ3v) is 5.65. The number of amides is 4. The molecule has 146 valence electrons. The molecule has 0 radical (unpaired) electrons. The highest BCUT2D eigenvalue weighted by atomic mass is 16.2. The number of carbonyl (C=O) groups excluding carboxylic acids is 3. The number of nitrogens with one attached hydrogen (secondary N) is 2. The zero-order valence-corrected chi connectivity index (χ0v) is 16.2. The second kappa shape index (κ2) is 7.68. The van der Waals surface area contributed by atoms with Crippen LogP contribution in [-0.2, 0) is 11.3 Å². The molecule has 0 atom stereocenters. The summed E-state index contributed by atoms with van der Waals surface area (Å²) in [6, 6.07) is 7.02. The number of hydrogen-bond acceptors (Lipinski definition) is 4. The minimum absolute atomic E-state index is 0.0961. The molecule has 2 aliphatic rings. The van der Waals surface area contributed by atoms with E-state index in [1.165, 1.54) is 4.90 Å². The van der Waals surface area contributed by atoms with Crippen molar-refractivity contribution in [2.75, 3.05) is 20.8 Å². The smallest absolute Gasteiger partial charge is 0.326 e. The van der Waals surface area contributed by atoms with Crippen LogP contribution in [0.25, 0.3) is 0 Å². The molecule has 2 fully saturated rings. The third kappa shape index (κ3) is 3.98. The van der Waals surface area contributed by atoms with Gasteiger partial charge in [-0.1, -0.05) is 19.1 Å². The second-order valence-corrected chi connectivity index (χ2v) is 7.86. The molecule has 27 heavy (non-hydrogen) atoms. The van der Waals surface area contributed by atoms with E-state index >= 15 is 0 Å². The van der Waals surface area contributed by atoms with Crippen LogP contribution in [0.3, 0.4) is 0 Å². The van der Waals surface area contributed by atoms with Crippen LogP contribution in [0.2, 0.25) is 0 Å². The molecule has 2 N–H and O–H groups in total. The second-order valence-electron chi connectivity index (χ2n) is 7.86. The maximum Gasteiger partial charge on any atom is 0.326 e. The number of rotatable bonds is 5. The van der Waals surface area contributed by atoms with Crippen molar-refractivity contribution < 1.29 is 14.4 Å². The van der Waals surface area contributed by atoms with E-state index in [1.807, 2.05) is 24.1 Å². The molecule has 4 amide bonds. The zero-order chi connectivity index (χ0) is 19.6. The van der Waals surface area contributed by atoms with Crippen LogP contribution in [0.4, 0.5) is 4.79 Å². The van der Waals surface area contributed by atoms with Gasteiger partial charge in [-0.2, -0.15) is 0 Å². The predicted molar refractivity (Wildman–Crippen MR) is 102 cm³/mol. The number of urea groups is 1. The lowest BCUT2D eigenvalue weighted by atomic mass is 9.77. The summed E-state index contributed by atoms with van der Waals surface area (Å²) < 4.78 is 0. The predicted octanol–water partition coefficient (Wildman–Crippen LogP) is 1.94. The highest BCUT2D eigenvalue weighted by molar-refractivity contribution is 6.07. The Kier molecular flexibility index (Phi) is 5.51. The van der Waals surface area contributed by atoms with E-state index < -0.39 is 5.54 Å². The molecule has 1 aliphatic heterocycles. The molecule has 1 spiro atoms. The normalized spacial score (nSPS) is 25.2. The quantitative estimate of drug-likeness (QED) is 0.774. The van der Waals surface area contributed by atoms with Crippen LogP contribution in [0, 0.1) is 5.92 Å². The van der Waals surface area contributed by atoms with Crippen molar-refractivity contribution in [2.24, 2.45) is 5.92 Å². The minimum atomic E-state index is -0.695. The van der Waals surface area contributed by atoms with Crippen molar-refractivity contribution in [1.29, 1.82) is 0 Å². The highest BCUT2D eigenvalue weighted by Crippen LogP contribution is 2.36. The lowest BCUT2D eigenvalue weighted by Gasteiger charge is -2.33.